The summed E-state index contributed by atoms with van der Waals surface area (Å²) in [5, 5.41) is 39.8. The quantitative estimate of drug-likeness (QED) is 0.228. The average Bonchev–Trinajstić information content (AvgIpc) is 2.91. The number of aromatic carboxylic acids is 4. The highest BCUT2D eigenvalue weighted by molar-refractivity contribution is 6.18. The second kappa shape index (κ2) is 10.6. The molecule has 0 unspecified atom stereocenters. The normalized spacial score (nSPS) is 10.4. The lowest BCUT2D eigenvalue weighted by molar-refractivity contribution is 0.0619. The van der Waals surface area contributed by atoms with Gasteiger partial charge in [0.15, 0.2) is 0 Å². The summed E-state index contributed by atoms with van der Waals surface area (Å²) in [4.78, 5) is 49.1. The SMILES string of the molecule is O=C(O)c1cc(C(=C(c2ccccc2)c2ccccc2)c2ccccc2)c(C(=O)O)c(C(=O)O)c1C(=O)O. The smallest absolute Gasteiger partial charge is 0.337 e. The van der Waals surface area contributed by atoms with Crippen LogP contribution in [0.1, 0.15) is 63.7 Å². The zero-order valence-corrected chi connectivity index (χ0v) is 19.7. The molecule has 0 saturated heterocycles. The van der Waals surface area contributed by atoms with Crippen molar-refractivity contribution in [3.05, 3.63) is 142 Å². The molecule has 0 saturated carbocycles. The molecule has 0 bridgehead atoms. The fourth-order valence-electron chi connectivity index (χ4n) is 4.41. The van der Waals surface area contributed by atoms with Crippen molar-refractivity contribution in [3.63, 3.8) is 0 Å². The van der Waals surface area contributed by atoms with Gasteiger partial charge in [0, 0.05) is 0 Å². The molecule has 4 aromatic rings. The first-order valence-electron chi connectivity index (χ1n) is 11.3. The third-order valence-corrected chi connectivity index (χ3v) is 5.91. The molecule has 0 radical (unpaired) electrons. The monoisotopic (exact) mass is 508 g/mol. The predicted molar refractivity (Wildman–Crippen MR) is 139 cm³/mol. The minimum Gasteiger partial charge on any atom is -0.478 e. The maximum absolute atomic E-state index is 12.6. The van der Waals surface area contributed by atoms with Crippen molar-refractivity contribution in [1.82, 2.24) is 0 Å². The molecule has 188 valence electrons. The summed E-state index contributed by atoms with van der Waals surface area (Å²) in [5.41, 5.74) is -1.67. The second-order valence-corrected chi connectivity index (χ2v) is 8.17. The highest BCUT2D eigenvalue weighted by atomic mass is 16.4. The van der Waals surface area contributed by atoms with Crippen LogP contribution in [-0.4, -0.2) is 44.3 Å². The predicted octanol–water partition coefficient (Wildman–Crippen LogP) is 5.49. The zero-order chi connectivity index (χ0) is 27.4. The summed E-state index contributed by atoms with van der Waals surface area (Å²) in [6.45, 7) is 0. The van der Waals surface area contributed by atoms with Crippen LogP contribution in [-0.2, 0) is 0 Å². The molecule has 4 N–H and O–H groups in total. The van der Waals surface area contributed by atoms with E-state index in [1.807, 2.05) is 0 Å². The van der Waals surface area contributed by atoms with Gasteiger partial charge in [-0.2, -0.15) is 0 Å². The number of hydrogen-bond acceptors (Lipinski definition) is 4. The van der Waals surface area contributed by atoms with E-state index in [9.17, 15) is 39.6 Å². The van der Waals surface area contributed by atoms with Crippen LogP contribution in [0, 0.1) is 0 Å². The Morgan fingerprint density at radius 1 is 0.395 bits per heavy atom. The average molecular weight is 508 g/mol. The van der Waals surface area contributed by atoms with Crippen molar-refractivity contribution in [2.45, 2.75) is 0 Å². The highest BCUT2D eigenvalue weighted by Gasteiger charge is 2.34. The molecule has 38 heavy (non-hydrogen) atoms. The lowest BCUT2D eigenvalue weighted by atomic mass is 9.81. The van der Waals surface area contributed by atoms with E-state index in [1.54, 1.807) is 91.0 Å². The van der Waals surface area contributed by atoms with Crippen LogP contribution in [0.15, 0.2) is 97.1 Å². The van der Waals surface area contributed by atoms with Gasteiger partial charge in [0.2, 0.25) is 0 Å². The van der Waals surface area contributed by atoms with Gasteiger partial charge in [-0.3, -0.25) is 0 Å². The first-order chi connectivity index (χ1) is 18.2. The van der Waals surface area contributed by atoms with Crippen LogP contribution in [0.3, 0.4) is 0 Å². The topological polar surface area (TPSA) is 149 Å². The molecule has 8 nitrogen and oxygen atoms in total. The van der Waals surface area contributed by atoms with Crippen LogP contribution in [0.25, 0.3) is 11.1 Å². The maximum Gasteiger partial charge on any atom is 0.337 e. The first-order valence-corrected chi connectivity index (χ1v) is 11.3. The second-order valence-electron chi connectivity index (χ2n) is 8.17. The Bertz CT molecular complexity index is 1550. The van der Waals surface area contributed by atoms with E-state index >= 15 is 0 Å². The molecule has 4 rings (SSSR count). The van der Waals surface area contributed by atoms with Gasteiger partial charge in [-0.05, 0) is 39.5 Å². The van der Waals surface area contributed by atoms with Gasteiger partial charge in [0.1, 0.15) is 0 Å². The summed E-state index contributed by atoms with van der Waals surface area (Å²) in [7, 11) is 0. The van der Waals surface area contributed by atoms with Gasteiger partial charge < -0.3 is 20.4 Å². The van der Waals surface area contributed by atoms with Crippen LogP contribution in [0.5, 0.6) is 0 Å². The molecule has 0 spiro atoms. The first kappa shape index (κ1) is 25.6. The standard InChI is InChI=1S/C30H20O8/c31-27(32)21-16-20(24(28(33)34)26(30(37)38)25(21)29(35)36)23(19-14-8-3-9-15-19)22(17-10-4-1-5-11-17)18-12-6-2-7-13-18/h1-16H,(H,31,32)(H,33,34)(H,35,36)(H,37,38). The van der Waals surface area contributed by atoms with E-state index in [0.29, 0.717) is 22.3 Å². The third kappa shape index (κ3) is 4.78. The minimum atomic E-state index is -1.88. The van der Waals surface area contributed by atoms with Gasteiger partial charge in [0.25, 0.3) is 0 Å². The molecule has 8 heteroatoms. The summed E-state index contributed by atoms with van der Waals surface area (Å²) >= 11 is 0. The third-order valence-electron chi connectivity index (χ3n) is 5.91. The number of carboxylic acid groups (broad SMARTS) is 4. The van der Waals surface area contributed by atoms with Crippen LogP contribution < -0.4 is 0 Å². The van der Waals surface area contributed by atoms with Crippen molar-refractivity contribution in [3.8, 4) is 0 Å². The Morgan fingerprint density at radius 3 is 1.08 bits per heavy atom. The lowest BCUT2D eigenvalue weighted by Gasteiger charge is -2.21. The lowest BCUT2D eigenvalue weighted by Crippen LogP contribution is -2.21. The fraction of sp³-hybridized carbons (Fsp3) is 0. The van der Waals surface area contributed by atoms with Gasteiger partial charge in [-0.1, -0.05) is 91.0 Å². The van der Waals surface area contributed by atoms with Crippen molar-refractivity contribution < 1.29 is 39.6 Å². The van der Waals surface area contributed by atoms with E-state index < -0.39 is 46.1 Å². The molecule has 0 heterocycles. The Hall–Kier alpha value is -5.50. The molecular weight excluding hydrogens is 488 g/mol. The van der Waals surface area contributed by atoms with Crippen molar-refractivity contribution >= 4 is 35.0 Å². The van der Waals surface area contributed by atoms with Crippen LogP contribution >= 0.6 is 0 Å². The van der Waals surface area contributed by atoms with E-state index in [4.69, 9.17) is 0 Å². The molecule has 0 aliphatic heterocycles. The molecular formula is C30H20O8. The Morgan fingerprint density at radius 2 is 0.737 bits per heavy atom. The summed E-state index contributed by atoms with van der Waals surface area (Å²) in [6.07, 6.45) is 0. The van der Waals surface area contributed by atoms with Gasteiger partial charge in [0.05, 0.1) is 22.3 Å². The molecule has 0 amide bonds. The van der Waals surface area contributed by atoms with Gasteiger partial charge in [-0.15, -0.1) is 0 Å². The number of benzene rings is 4. The number of hydrogen-bond donors (Lipinski definition) is 4. The van der Waals surface area contributed by atoms with Crippen molar-refractivity contribution in [1.29, 1.82) is 0 Å². The van der Waals surface area contributed by atoms with Crippen LogP contribution in [0.2, 0.25) is 0 Å². The van der Waals surface area contributed by atoms with Crippen molar-refractivity contribution in [2.75, 3.05) is 0 Å². The molecule has 4 aromatic carbocycles. The fourth-order valence-corrected chi connectivity index (χ4v) is 4.41. The molecule has 0 aliphatic rings. The summed E-state index contributed by atoms with van der Waals surface area (Å²) in [6, 6.07) is 27.3. The number of carboxylic acids is 4. The molecule has 0 aromatic heterocycles. The maximum atomic E-state index is 12.6. The molecule has 0 aliphatic carbocycles. The number of carbonyl (C=O) groups is 4. The minimum absolute atomic E-state index is 0.224. The number of rotatable bonds is 8. The Labute approximate surface area is 216 Å². The highest BCUT2D eigenvalue weighted by Crippen LogP contribution is 2.40. The Kier molecular flexibility index (Phi) is 7.16. The molecule has 0 atom stereocenters. The van der Waals surface area contributed by atoms with E-state index in [2.05, 4.69) is 0 Å². The summed E-state index contributed by atoms with van der Waals surface area (Å²) < 4.78 is 0. The largest absolute Gasteiger partial charge is 0.478 e. The molecule has 0 fully saturated rings. The van der Waals surface area contributed by atoms with Gasteiger partial charge >= 0.3 is 23.9 Å². The van der Waals surface area contributed by atoms with E-state index in [-0.39, 0.29) is 11.1 Å². The zero-order valence-electron chi connectivity index (χ0n) is 19.7. The van der Waals surface area contributed by atoms with Crippen molar-refractivity contribution in [2.24, 2.45) is 0 Å². The van der Waals surface area contributed by atoms with E-state index in [0.717, 1.165) is 6.07 Å². The Balaban J connectivity index is 2.34. The summed E-state index contributed by atoms with van der Waals surface area (Å²) in [5.74, 6) is -7.18. The van der Waals surface area contributed by atoms with Gasteiger partial charge in [-0.25, -0.2) is 19.2 Å². The van der Waals surface area contributed by atoms with Crippen LogP contribution in [0.4, 0.5) is 0 Å². The van der Waals surface area contributed by atoms with E-state index in [1.165, 1.54) is 0 Å².